The third-order valence-electron chi connectivity index (χ3n) is 2.57. The van der Waals surface area contributed by atoms with E-state index in [0.29, 0.717) is 28.7 Å². The molecule has 18 heavy (non-hydrogen) atoms. The highest BCUT2D eigenvalue weighted by Crippen LogP contribution is 2.51. The Labute approximate surface area is 107 Å². The molecule has 0 aliphatic carbocycles. The molecule has 0 heterocycles. The highest BCUT2D eigenvalue weighted by atomic mass is 16.6. The molecule has 1 aromatic carbocycles. The van der Waals surface area contributed by atoms with Crippen LogP contribution in [0.25, 0.3) is 0 Å². The molecule has 0 atom stereocenters. The van der Waals surface area contributed by atoms with Gasteiger partial charge in [0.1, 0.15) is 0 Å². The number of anilines is 1. The predicted molar refractivity (Wildman–Crippen MR) is 68.0 cm³/mol. The average molecular weight is 257 g/mol. The second-order valence-corrected chi connectivity index (χ2v) is 3.44. The zero-order valence-electron chi connectivity index (χ0n) is 11.5. The normalized spacial score (nSPS) is 9.89. The molecular weight excluding hydrogens is 238 g/mol. The van der Waals surface area contributed by atoms with Gasteiger partial charge in [0.25, 0.3) is 0 Å². The number of nitrogens with one attached hydrogen (secondary N) is 1. The molecule has 0 fully saturated rings. The van der Waals surface area contributed by atoms with Gasteiger partial charge in [0, 0.05) is 5.56 Å². The molecule has 0 saturated carbocycles. The molecule has 102 valence electrons. The first-order valence-electron chi connectivity index (χ1n) is 5.31. The van der Waals surface area contributed by atoms with Gasteiger partial charge in [-0.2, -0.15) is 0 Å². The van der Waals surface area contributed by atoms with Crippen LogP contribution in [0.2, 0.25) is 0 Å². The summed E-state index contributed by atoms with van der Waals surface area (Å²) < 4.78 is 21.4. The first kappa shape index (κ1) is 14.2. The average Bonchev–Trinajstić information content (AvgIpc) is 2.39. The fraction of sp³-hybridized carbons (Fsp3) is 0.500. The van der Waals surface area contributed by atoms with E-state index in [2.05, 4.69) is 5.48 Å². The molecule has 6 heteroatoms. The maximum Gasteiger partial charge on any atom is 0.190 e. The minimum absolute atomic E-state index is 0.495. The van der Waals surface area contributed by atoms with Crippen LogP contribution in [-0.2, 0) is 4.84 Å². The van der Waals surface area contributed by atoms with Crippen LogP contribution in [0.5, 0.6) is 23.0 Å². The SMILES string of the molecule is CONc1c(OC)c(OC)c(C)c(OC)c1OC. The third-order valence-corrected chi connectivity index (χ3v) is 2.57. The van der Waals surface area contributed by atoms with Gasteiger partial charge in [-0.25, -0.2) is 0 Å². The maximum absolute atomic E-state index is 5.34. The first-order valence-corrected chi connectivity index (χ1v) is 5.31. The van der Waals surface area contributed by atoms with Crippen molar-refractivity contribution in [1.29, 1.82) is 0 Å². The summed E-state index contributed by atoms with van der Waals surface area (Å²) in [6, 6.07) is 0. The van der Waals surface area contributed by atoms with Crippen LogP contribution < -0.4 is 24.4 Å². The van der Waals surface area contributed by atoms with Crippen LogP contribution in [0, 0.1) is 6.92 Å². The number of rotatable bonds is 6. The lowest BCUT2D eigenvalue weighted by atomic mass is 10.1. The van der Waals surface area contributed by atoms with Crippen molar-refractivity contribution in [1.82, 2.24) is 0 Å². The number of methoxy groups -OCH3 is 4. The Hall–Kier alpha value is -1.82. The lowest BCUT2D eigenvalue weighted by molar-refractivity contribution is 0.260. The van der Waals surface area contributed by atoms with Crippen molar-refractivity contribution in [3.05, 3.63) is 5.56 Å². The number of benzene rings is 1. The maximum atomic E-state index is 5.34. The smallest absolute Gasteiger partial charge is 0.190 e. The topological polar surface area (TPSA) is 58.2 Å². The van der Waals surface area contributed by atoms with Gasteiger partial charge in [0.2, 0.25) is 0 Å². The molecule has 0 aliphatic heterocycles. The molecule has 0 saturated heterocycles. The van der Waals surface area contributed by atoms with Crippen LogP contribution in [0.3, 0.4) is 0 Å². The van der Waals surface area contributed by atoms with Crippen LogP contribution in [0.4, 0.5) is 5.69 Å². The number of hydrogen-bond donors (Lipinski definition) is 1. The third kappa shape index (κ3) is 2.24. The fourth-order valence-electron chi connectivity index (χ4n) is 1.85. The lowest BCUT2D eigenvalue weighted by Gasteiger charge is -2.21. The summed E-state index contributed by atoms with van der Waals surface area (Å²) in [6.45, 7) is 1.86. The van der Waals surface area contributed by atoms with Crippen molar-refractivity contribution in [3.8, 4) is 23.0 Å². The molecule has 1 aromatic rings. The van der Waals surface area contributed by atoms with Crippen molar-refractivity contribution in [3.63, 3.8) is 0 Å². The molecule has 0 unspecified atom stereocenters. The van der Waals surface area contributed by atoms with E-state index >= 15 is 0 Å². The van der Waals surface area contributed by atoms with Gasteiger partial charge in [0.05, 0.1) is 35.5 Å². The Kier molecular flexibility index (Phi) is 4.91. The van der Waals surface area contributed by atoms with E-state index in [0.717, 1.165) is 5.56 Å². The van der Waals surface area contributed by atoms with Gasteiger partial charge < -0.3 is 18.9 Å². The zero-order valence-corrected chi connectivity index (χ0v) is 11.5. The van der Waals surface area contributed by atoms with Gasteiger partial charge in [-0.05, 0) is 6.92 Å². The van der Waals surface area contributed by atoms with Gasteiger partial charge in [-0.15, -0.1) is 0 Å². The largest absolute Gasteiger partial charge is 0.492 e. The van der Waals surface area contributed by atoms with E-state index < -0.39 is 0 Å². The molecule has 0 spiro atoms. The second-order valence-electron chi connectivity index (χ2n) is 3.44. The summed E-state index contributed by atoms with van der Waals surface area (Å²) in [4.78, 5) is 4.93. The van der Waals surface area contributed by atoms with Crippen LogP contribution in [0.1, 0.15) is 5.56 Å². The number of ether oxygens (including phenoxy) is 4. The van der Waals surface area contributed by atoms with Crippen LogP contribution in [0.15, 0.2) is 0 Å². The van der Waals surface area contributed by atoms with Crippen LogP contribution in [-0.4, -0.2) is 35.5 Å². The number of hydrogen-bond acceptors (Lipinski definition) is 6. The van der Waals surface area contributed by atoms with E-state index in [4.69, 9.17) is 23.8 Å². The summed E-state index contributed by atoms with van der Waals surface area (Å²) >= 11 is 0. The molecule has 0 radical (unpaired) electrons. The molecular formula is C12H19NO5. The molecule has 0 bridgehead atoms. The minimum Gasteiger partial charge on any atom is -0.492 e. The molecule has 1 rings (SSSR count). The van der Waals surface area contributed by atoms with Crippen molar-refractivity contribution in [2.45, 2.75) is 6.92 Å². The highest BCUT2D eigenvalue weighted by molar-refractivity contribution is 5.78. The Morgan fingerprint density at radius 3 is 1.33 bits per heavy atom. The zero-order chi connectivity index (χ0) is 13.7. The van der Waals surface area contributed by atoms with E-state index in [1.165, 1.54) is 7.11 Å². The van der Waals surface area contributed by atoms with E-state index in [1.807, 2.05) is 6.92 Å². The summed E-state index contributed by atoms with van der Waals surface area (Å²) in [7, 11) is 7.71. The summed E-state index contributed by atoms with van der Waals surface area (Å²) in [5.74, 6) is 2.12. The van der Waals surface area contributed by atoms with E-state index in [1.54, 1.807) is 28.4 Å². The van der Waals surface area contributed by atoms with E-state index in [9.17, 15) is 0 Å². The van der Waals surface area contributed by atoms with Crippen molar-refractivity contribution in [2.24, 2.45) is 0 Å². The molecule has 1 N–H and O–H groups in total. The van der Waals surface area contributed by atoms with Crippen molar-refractivity contribution >= 4 is 5.69 Å². The molecule has 0 amide bonds. The highest BCUT2D eigenvalue weighted by Gasteiger charge is 2.25. The molecule has 0 aliphatic rings. The standard InChI is InChI=1S/C12H19NO5/c1-7-9(14-2)11(16-4)8(13-18-6)12(17-5)10(7)15-3/h13H,1-6H3. The van der Waals surface area contributed by atoms with E-state index in [-0.39, 0.29) is 0 Å². The van der Waals surface area contributed by atoms with Crippen LogP contribution >= 0.6 is 0 Å². The Balaban J connectivity index is 3.62. The quantitative estimate of drug-likeness (QED) is 0.787. The molecule has 0 aromatic heterocycles. The second kappa shape index (κ2) is 6.20. The molecule has 6 nitrogen and oxygen atoms in total. The Bertz CT molecular complexity index is 386. The summed E-state index contributed by atoms with van der Waals surface area (Å²) in [6.07, 6.45) is 0. The minimum atomic E-state index is 0.495. The Morgan fingerprint density at radius 2 is 1.06 bits per heavy atom. The summed E-state index contributed by atoms with van der Waals surface area (Å²) in [5, 5.41) is 0. The van der Waals surface area contributed by atoms with Gasteiger partial charge in [0.15, 0.2) is 28.7 Å². The monoisotopic (exact) mass is 257 g/mol. The van der Waals surface area contributed by atoms with Crippen molar-refractivity contribution in [2.75, 3.05) is 41.0 Å². The van der Waals surface area contributed by atoms with Gasteiger partial charge >= 0.3 is 0 Å². The first-order chi connectivity index (χ1) is 8.65. The lowest BCUT2D eigenvalue weighted by Crippen LogP contribution is -2.06. The van der Waals surface area contributed by atoms with Gasteiger partial charge in [-0.3, -0.25) is 10.3 Å². The summed E-state index contributed by atoms with van der Waals surface area (Å²) in [5.41, 5.74) is 4.02. The van der Waals surface area contributed by atoms with Crippen molar-refractivity contribution < 1.29 is 23.8 Å². The van der Waals surface area contributed by atoms with Gasteiger partial charge in [-0.1, -0.05) is 0 Å². The predicted octanol–water partition coefficient (Wildman–Crippen LogP) is 2.00. The fourth-order valence-corrected chi connectivity index (χ4v) is 1.85. The Morgan fingerprint density at radius 1 is 0.667 bits per heavy atom.